The van der Waals surface area contributed by atoms with Crippen molar-refractivity contribution in [2.24, 2.45) is 0 Å². The smallest absolute Gasteiger partial charge is 0.218 e. The zero-order valence-electron chi connectivity index (χ0n) is 7.68. The monoisotopic (exact) mass is 243 g/mol. The fourth-order valence-corrected chi connectivity index (χ4v) is 0.796. The van der Waals surface area contributed by atoms with Crippen LogP contribution in [-0.2, 0) is 9.53 Å². The van der Waals surface area contributed by atoms with Crippen molar-refractivity contribution in [3.8, 4) is 0 Å². The average molecular weight is 244 g/mol. The Hall–Kier alpha value is 0.0399. The highest BCUT2D eigenvalue weighted by Gasteiger charge is 2.21. The van der Waals surface area contributed by atoms with Gasteiger partial charge in [-0.2, -0.15) is 0 Å². The van der Waals surface area contributed by atoms with Crippen LogP contribution in [0.5, 0.6) is 0 Å². The number of ether oxygens (including phenoxy) is 1. The molecule has 6 heteroatoms. The Labute approximate surface area is 89.9 Å². The van der Waals surface area contributed by atoms with E-state index in [1.807, 2.05) is 6.92 Å². The summed E-state index contributed by atoms with van der Waals surface area (Å²) >= 11 is 2.84. The second-order valence-corrected chi connectivity index (χ2v) is 3.89. The zero-order chi connectivity index (χ0) is 10.3. The molecule has 0 saturated carbocycles. The van der Waals surface area contributed by atoms with Crippen molar-refractivity contribution >= 4 is 37.5 Å². The molecular weight excluding hydrogens is 232 g/mol. The molecule has 70 valence electrons. The zero-order valence-corrected chi connectivity index (χ0v) is 9.26. The van der Waals surface area contributed by atoms with Gasteiger partial charge in [0.1, 0.15) is 0 Å². The third-order valence-electron chi connectivity index (χ3n) is 1.30. The Morgan fingerprint density at radius 1 is 1.62 bits per heavy atom. The molecule has 0 aliphatic carbocycles. The van der Waals surface area contributed by atoms with Crippen molar-refractivity contribution in [1.82, 2.24) is 5.32 Å². The van der Waals surface area contributed by atoms with Gasteiger partial charge < -0.3 is 10.1 Å². The van der Waals surface area contributed by atoms with Gasteiger partial charge in [0.05, 0.1) is 15.7 Å². The highest BCUT2D eigenvalue weighted by Crippen LogP contribution is 2.06. The van der Waals surface area contributed by atoms with Gasteiger partial charge in [-0.15, -0.1) is 0 Å². The Morgan fingerprint density at radius 3 is 2.69 bits per heavy atom. The first-order chi connectivity index (χ1) is 5.98. The maximum absolute atomic E-state index is 11.0. The van der Waals surface area contributed by atoms with Crippen LogP contribution in [0.4, 0.5) is 0 Å². The summed E-state index contributed by atoms with van der Waals surface area (Å²) in [5, 5.41) is 2.57. The number of nitrogens with one attached hydrogen (secondary N) is 1. The molecule has 0 fully saturated rings. The molecule has 0 saturated heterocycles. The van der Waals surface area contributed by atoms with Gasteiger partial charge in [-0.3, -0.25) is 4.79 Å². The molecule has 3 nitrogen and oxygen atoms in total. The summed E-state index contributed by atoms with van der Waals surface area (Å²) in [5.74, 6) is -0.427. The lowest BCUT2D eigenvalue weighted by molar-refractivity contribution is -0.120. The third kappa shape index (κ3) is 7.14. The maximum atomic E-state index is 11.0. The molecule has 4 radical (unpaired) electrons. The van der Waals surface area contributed by atoms with Crippen LogP contribution in [0.25, 0.3) is 0 Å². The number of rotatable bonds is 6. The summed E-state index contributed by atoms with van der Waals surface area (Å²) in [6, 6.07) is 0. The Morgan fingerprint density at radius 2 is 2.23 bits per heavy atom. The van der Waals surface area contributed by atoms with E-state index in [4.69, 9.17) is 20.4 Å². The number of carbonyl (C=O) groups excluding carboxylic acids is 1. The number of hydrogen-bond acceptors (Lipinski definition) is 2. The summed E-state index contributed by atoms with van der Waals surface area (Å²) in [6.45, 7) is 3.74. The number of alkyl halides is 1. The molecule has 0 aliphatic rings. The van der Waals surface area contributed by atoms with Crippen molar-refractivity contribution in [3.05, 3.63) is 0 Å². The minimum Gasteiger partial charge on any atom is -0.382 e. The lowest BCUT2D eigenvalue weighted by Gasteiger charge is -2.16. The highest BCUT2D eigenvalue weighted by molar-refractivity contribution is 9.11. The van der Waals surface area contributed by atoms with E-state index in [1.165, 1.54) is 0 Å². The van der Waals surface area contributed by atoms with Gasteiger partial charge in [0.2, 0.25) is 5.91 Å². The van der Waals surface area contributed by atoms with Crippen LogP contribution in [0.15, 0.2) is 0 Å². The predicted octanol–water partition coefficient (Wildman–Crippen LogP) is -0.0851. The van der Waals surface area contributed by atoms with E-state index in [0.717, 1.165) is 6.42 Å². The summed E-state index contributed by atoms with van der Waals surface area (Å²) in [6.07, 6.45) is 0.753. The lowest BCUT2D eigenvalue weighted by Crippen LogP contribution is -2.43. The van der Waals surface area contributed by atoms with E-state index >= 15 is 0 Å². The standard InChI is InChI=1S/C7H12B2BrNO2/c1-2-13-5-3-4-11-6(12)7(8,9)10/h2-5H2,1H3,(H,11,12). The van der Waals surface area contributed by atoms with Gasteiger partial charge >= 0.3 is 0 Å². The normalized spacial score (nSPS) is 11.2. The summed E-state index contributed by atoms with van der Waals surface area (Å²) in [7, 11) is 10.5. The molecule has 0 bridgehead atoms. The summed E-state index contributed by atoms with van der Waals surface area (Å²) < 4.78 is 3.60. The fraction of sp³-hybridized carbons (Fsp3) is 0.857. The van der Waals surface area contributed by atoms with Gasteiger partial charge in [-0.05, 0) is 13.3 Å². The number of hydrogen-bond donors (Lipinski definition) is 1. The Bertz CT molecular complexity index is 161. The van der Waals surface area contributed by atoms with Gasteiger partial charge in [0.15, 0.2) is 0 Å². The molecule has 0 aromatic rings. The number of halogens is 1. The van der Waals surface area contributed by atoms with Crippen molar-refractivity contribution in [3.63, 3.8) is 0 Å². The van der Waals surface area contributed by atoms with Crippen LogP contribution in [0, 0.1) is 0 Å². The Balaban J connectivity index is 3.38. The molecule has 0 aliphatic heterocycles. The molecule has 13 heavy (non-hydrogen) atoms. The molecule has 1 N–H and O–H groups in total. The topological polar surface area (TPSA) is 38.3 Å². The van der Waals surface area contributed by atoms with Crippen LogP contribution in [0.2, 0.25) is 0 Å². The average Bonchev–Trinajstić information content (AvgIpc) is 2.02. The van der Waals surface area contributed by atoms with Gasteiger partial charge in [0, 0.05) is 23.9 Å². The third-order valence-corrected chi connectivity index (χ3v) is 1.66. The first kappa shape index (κ1) is 13.0. The fourth-order valence-electron chi connectivity index (χ4n) is 0.656. The van der Waals surface area contributed by atoms with Crippen LogP contribution in [-0.4, -0.2) is 45.5 Å². The van der Waals surface area contributed by atoms with Crippen molar-refractivity contribution in [2.75, 3.05) is 19.8 Å². The maximum Gasteiger partial charge on any atom is 0.218 e. The SMILES string of the molecule is [B]C([B])(Br)C(=O)NCCCOCC. The van der Waals surface area contributed by atoms with Crippen LogP contribution in [0.1, 0.15) is 13.3 Å². The quantitative estimate of drug-likeness (QED) is 0.403. The van der Waals surface area contributed by atoms with Gasteiger partial charge in [-0.1, -0.05) is 15.9 Å². The molecular formula is C7H12B2BrNO2. The molecule has 0 aromatic heterocycles. The number of carbonyl (C=O) groups is 1. The van der Waals surface area contributed by atoms with Crippen LogP contribution < -0.4 is 5.32 Å². The molecule has 0 aromatic carbocycles. The molecule has 1 amide bonds. The van der Waals surface area contributed by atoms with Crippen molar-refractivity contribution in [2.45, 2.75) is 17.5 Å². The van der Waals surface area contributed by atoms with Gasteiger partial charge in [-0.25, -0.2) is 0 Å². The summed E-state index contributed by atoms with van der Waals surface area (Å²) in [4.78, 5) is 11.0. The largest absolute Gasteiger partial charge is 0.382 e. The van der Waals surface area contributed by atoms with E-state index in [2.05, 4.69) is 21.2 Å². The van der Waals surface area contributed by atoms with E-state index in [-0.39, 0.29) is 0 Å². The molecule has 0 atom stereocenters. The lowest BCUT2D eigenvalue weighted by atomic mass is 9.70. The first-order valence-corrected chi connectivity index (χ1v) is 4.90. The van der Waals surface area contributed by atoms with Crippen molar-refractivity contribution < 1.29 is 9.53 Å². The van der Waals surface area contributed by atoms with E-state index in [1.54, 1.807) is 0 Å². The molecule has 0 rings (SSSR count). The molecule has 0 unspecified atom stereocenters. The van der Waals surface area contributed by atoms with Crippen LogP contribution in [0.3, 0.4) is 0 Å². The van der Waals surface area contributed by atoms with E-state index in [0.29, 0.717) is 19.8 Å². The highest BCUT2D eigenvalue weighted by atomic mass is 79.9. The van der Waals surface area contributed by atoms with E-state index < -0.39 is 10.0 Å². The minimum atomic E-state index is -1.47. The molecule has 0 spiro atoms. The Kier molecular flexibility index (Phi) is 6.51. The van der Waals surface area contributed by atoms with Crippen LogP contribution >= 0.6 is 15.9 Å². The number of amides is 1. The molecule has 0 heterocycles. The summed E-state index contributed by atoms with van der Waals surface area (Å²) in [5.41, 5.74) is 0. The second-order valence-electron chi connectivity index (χ2n) is 2.57. The predicted molar refractivity (Wildman–Crippen MR) is 57.3 cm³/mol. The first-order valence-electron chi connectivity index (χ1n) is 4.11. The van der Waals surface area contributed by atoms with E-state index in [9.17, 15) is 4.79 Å². The van der Waals surface area contributed by atoms with Gasteiger partial charge in [0.25, 0.3) is 0 Å². The second kappa shape index (κ2) is 6.49. The van der Waals surface area contributed by atoms with Crippen molar-refractivity contribution in [1.29, 1.82) is 0 Å². The minimum absolute atomic E-state index is 0.427.